The zero-order valence-corrected chi connectivity index (χ0v) is 32.8. The maximum absolute atomic E-state index is 12.4. The number of esters is 3. The summed E-state index contributed by atoms with van der Waals surface area (Å²) in [5, 5.41) is 0. The van der Waals surface area contributed by atoms with Crippen molar-refractivity contribution in [3.05, 3.63) is 72.9 Å². The van der Waals surface area contributed by atoms with Crippen LogP contribution in [0.5, 0.6) is 0 Å². The highest BCUT2D eigenvalue weighted by Gasteiger charge is 2.19. The van der Waals surface area contributed by atoms with Crippen LogP contribution in [0.25, 0.3) is 0 Å². The highest BCUT2D eigenvalue weighted by atomic mass is 16.6. The van der Waals surface area contributed by atoms with Crippen molar-refractivity contribution in [3.63, 3.8) is 0 Å². The predicted octanol–water partition coefficient (Wildman–Crippen LogP) is 12.7. The molecule has 0 bridgehead atoms. The quantitative estimate of drug-likeness (QED) is 0.0282. The first-order valence-corrected chi connectivity index (χ1v) is 20.4. The molecule has 0 rings (SSSR count). The van der Waals surface area contributed by atoms with Crippen molar-refractivity contribution in [1.29, 1.82) is 0 Å². The minimum atomic E-state index is -0.775. The third-order valence-corrected chi connectivity index (χ3v) is 8.23. The predicted molar refractivity (Wildman–Crippen MR) is 214 cm³/mol. The fourth-order valence-corrected chi connectivity index (χ4v) is 5.15. The minimum Gasteiger partial charge on any atom is -0.462 e. The molecule has 1 unspecified atom stereocenters. The Morgan fingerprint density at radius 2 is 0.765 bits per heavy atom. The first kappa shape index (κ1) is 47.8. The van der Waals surface area contributed by atoms with Gasteiger partial charge in [-0.25, -0.2) is 0 Å². The number of unbranched alkanes of at least 4 members (excludes halogenated alkanes) is 12. The highest BCUT2D eigenvalue weighted by molar-refractivity contribution is 5.71. The fraction of sp³-hybridized carbons (Fsp3) is 0.667. The molecular weight excluding hydrogens is 636 g/mol. The van der Waals surface area contributed by atoms with Gasteiger partial charge in [0.15, 0.2) is 6.10 Å². The van der Waals surface area contributed by atoms with Crippen molar-refractivity contribution >= 4 is 17.9 Å². The molecule has 0 aromatic rings. The van der Waals surface area contributed by atoms with Gasteiger partial charge >= 0.3 is 17.9 Å². The third-order valence-electron chi connectivity index (χ3n) is 8.23. The number of hydrogen-bond acceptors (Lipinski definition) is 6. The van der Waals surface area contributed by atoms with Crippen molar-refractivity contribution < 1.29 is 28.6 Å². The Balaban J connectivity index is 4.12. The molecule has 0 aromatic carbocycles. The molecule has 0 saturated carbocycles. The van der Waals surface area contributed by atoms with Gasteiger partial charge in [-0.15, -0.1) is 0 Å². The monoisotopic (exact) mass is 711 g/mol. The number of rotatable bonds is 35. The van der Waals surface area contributed by atoms with E-state index in [1.54, 1.807) is 0 Å². The Kier molecular flexibility index (Phi) is 37.2. The summed E-state index contributed by atoms with van der Waals surface area (Å²) in [4.78, 5) is 37.0. The number of allylic oxidation sites excluding steroid dienone is 12. The number of carbonyl (C=O) groups is 3. The molecule has 0 aliphatic rings. The largest absolute Gasteiger partial charge is 0.462 e. The fourth-order valence-electron chi connectivity index (χ4n) is 5.15. The summed E-state index contributed by atoms with van der Waals surface area (Å²) in [6.07, 6.45) is 48.1. The van der Waals surface area contributed by atoms with Crippen molar-refractivity contribution in [1.82, 2.24) is 0 Å². The summed E-state index contributed by atoms with van der Waals surface area (Å²) < 4.78 is 16.4. The average Bonchev–Trinajstić information content (AvgIpc) is 3.12. The molecular formula is C45H74O6. The van der Waals surface area contributed by atoms with Gasteiger partial charge in [0.25, 0.3) is 0 Å². The van der Waals surface area contributed by atoms with E-state index in [0.717, 1.165) is 128 Å². The van der Waals surface area contributed by atoms with Crippen LogP contribution in [0.15, 0.2) is 72.9 Å². The molecule has 0 aliphatic heterocycles. The molecule has 0 radical (unpaired) electrons. The van der Waals surface area contributed by atoms with Gasteiger partial charge in [0.05, 0.1) is 0 Å². The zero-order valence-electron chi connectivity index (χ0n) is 32.8. The van der Waals surface area contributed by atoms with Crippen molar-refractivity contribution in [2.45, 2.75) is 181 Å². The SMILES string of the molecule is CC/C=C\C/C=C\C/C=C\C/C=C\C/C=C\C/C=C\CCCCCCC(=O)OCC(COC(=O)CCCCCCC)OC(=O)CCCCCCC. The second kappa shape index (κ2) is 39.6. The van der Waals surface area contributed by atoms with Crippen molar-refractivity contribution in [3.8, 4) is 0 Å². The molecule has 0 aliphatic carbocycles. The molecule has 6 heteroatoms. The zero-order chi connectivity index (χ0) is 37.3. The molecule has 0 fully saturated rings. The molecule has 51 heavy (non-hydrogen) atoms. The lowest BCUT2D eigenvalue weighted by molar-refractivity contribution is -0.167. The Morgan fingerprint density at radius 1 is 0.412 bits per heavy atom. The Bertz CT molecular complexity index is 1000. The Hall–Kier alpha value is -3.15. The van der Waals surface area contributed by atoms with Gasteiger partial charge < -0.3 is 14.2 Å². The van der Waals surface area contributed by atoms with E-state index >= 15 is 0 Å². The van der Waals surface area contributed by atoms with Gasteiger partial charge in [-0.05, 0) is 70.6 Å². The van der Waals surface area contributed by atoms with Crippen LogP contribution < -0.4 is 0 Å². The van der Waals surface area contributed by atoms with E-state index < -0.39 is 6.10 Å². The molecule has 290 valence electrons. The van der Waals surface area contributed by atoms with Crippen LogP contribution in [0.4, 0.5) is 0 Å². The summed E-state index contributed by atoms with van der Waals surface area (Å²) >= 11 is 0. The Morgan fingerprint density at radius 3 is 1.18 bits per heavy atom. The van der Waals surface area contributed by atoms with Gasteiger partial charge in [0.1, 0.15) is 13.2 Å². The molecule has 0 spiro atoms. The summed E-state index contributed by atoms with van der Waals surface area (Å²) in [6.45, 7) is 6.29. The van der Waals surface area contributed by atoms with Crippen LogP contribution in [0, 0.1) is 0 Å². The standard InChI is InChI=1S/C45H74O6/c1-4-7-10-13-14-15-16-17-18-19-20-21-22-23-24-25-26-27-28-29-30-33-35-38-44(47)50-41-42(51-45(48)39-36-32-12-9-6-3)40-49-43(46)37-34-31-11-8-5-2/h7,10,14-15,17-18,20-21,23-24,26-27,42H,4-6,8-9,11-13,16,19,22,25,28-41H2,1-3H3/b10-7-,15-14-,18-17-,21-20-,24-23-,27-26-. The summed E-state index contributed by atoms with van der Waals surface area (Å²) in [6, 6.07) is 0. The molecule has 0 heterocycles. The van der Waals surface area contributed by atoms with Gasteiger partial charge in [-0.1, -0.05) is 158 Å². The van der Waals surface area contributed by atoms with E-state index in [4.69, 9.17) is 14.2 Å². The molecule has 1 atom stereocenters. The van der Waals surface area contributed by atoms with E-state index in [1.807, 2.05) is 0 Å². The summed E-state index contributed by atoms with van der Waals surface area (Å²) in [5.41, 5.74) is 0. The second-order valence-corrected chi connectivity index (χ2v) is 13.2. The maximum atomic E-state index is 12.4. The van der Waals surface area contributed by atoms with Crippen molar-refractivity contribution in [2.75, 3.05) is 13.2 Å². The van der Waals surface area contributed by atoms with Gasteiger partial charge in [0, 0.05) is 19.3 Å². The highest BCUT2D eigenvalue weighted by Crippen LogP contribution is 2.11. The molecule has 0 amide bonds. The lowest BCUT2D eigenvalue weighted by atomic mass is 10.1. The minimum absolute atomic E-state index is 0.0861. The van der Waals surface area contributed by atoms with Crippen LogP contribution >= 0.6 is 0 Å². The topological polar surface area (TPSA) is 78.9 Å². The van der Waals surface area contributed by atoms with Gasteiger partial charge in [-0.3, -0.25) is 14.4 Å². The van der Waals surface area contributed by atoms with E-state index in [-0.39, 0.29) is 31.1 Å². The molecule has 6 nitrogen and oxygen atoms in total. The maximum Gasteiger partial charge on any atom is 0.306 e. The van der Waals surface area contributed by atoms with Crippen LogP contribution in [0.2, 0.25) is 0 Å². The summed E-state index contributed by atoms with van der Waals surface area (Å²) in [5.74, 6) is -0.952. The molecule has 0 saturated heterocycles. The number of ether oxygens (including phenoxy) is 3. The van der Waals surface area contributed by atoms with Gasteiger partial charge in [-0.2, -0.15) is 0 Å². The molecule has 0 aromatic heterocycles. The first-order valence-electron chi connectivity index (χ1n) is 20.4. The third kappa shape index (κ3) is 37.9. The van der Waals surface area contributed by atoms with E-state index in [1.165, 1.54) is 6.42 Å². The average molecular weight is 711 g/mol. The number of carbonyl (C=O) groups excluding carboxylic acids is 3. The lowest BCUT2D eigenvalue weighted by Gasteiger charge is -2.18. The smallest absolute Gasteiger partial charge is 0.306 e. The normalized spacial score (nSPS) is 12.8. The lowest BCUT2D eigenvalue weighted by Crippen LogP contribution is -2.30. The van der Waals surface area contributed by atoms with Crippen LogP contribution in [0.1, 0.15) is 175 Å². The van der Waals surface area contributed by atoms with Gasteiger partial charge in [0.2, 0.25) is 0 Å². The molecule has 0 N–H and O–H groups in total. The first-order chi connectivity index (χ1) is 25.0. The van der Waals surface area contributed by atoms with Crippen LogP contribution in [-0.4, -0.2) is 37.2 Å². The number of hydrogen-bond donors (Lipinski definition) is 0. The van der Waals surface area contributed by atoms with Crippen molar-refractivity contribution in [2.24, 2.45) is 0 Å². The van der Waals surface area contributed by atoms with E-state index in [2.05, 4.69) is 93.7 Å². The van der Waals surface area contributed by atoms with Crippen LogP contribution in [-0.2, 0) is 28.6 Å². The van der Waals surface area contributed by atoms with E-state index in [9.17, 15) is 14.4 Å². The second-order valence-electron chi connectivity index (χ2n) is 13.2. The van der Waals surface area contributed by atoms with Crippen LogP contribution in [0.3, 0.4) is 0 Å². The van der Waals surface area contributed by atoms with E-state index in [0.29, 0.717) is 19.3 Å². The summed E-state index contributed by atoms with van der Waals surface area (Å²) in [7, 11) is 0. The Labute approximate surface area is 312 Å².